The fourth-order valence-electron chi connectivity index (χ4n) is 1.52. The highest BCUT2D eigenvalue weighted by Crippen LogP contribution is 2.14. The van der Waals surface area contributed by atoms with Crippen molar-refractivity contribution in [2.45, 2.75) is 6.61 Å². The summed E-state index contributed by atoms with van der Waals surface area (Å²) >= 11 is 0. The van der Waals surface area contributed by atoms with Crippen molar-refractivity contribution in [3.63, 3.8) is 0 Å². The lowest BCUT2D eigenvalue weighted by Crippen LogP contribution is -2.00. The summed E-state index contributed by atoms with van der Waals surface area (Å²) in [6.07, 6.45) is 0.305. The highest BCUT2D eigenvalue weighted by Gasteiger charge is 2.03. The van der Waals surface area contributed by atoms with E-state index in [2.05, 4.69) is 0 Å². The van der Waals surface area contributed by atoms with Crippen LogP contribution in [0.4, 0.5) is 0 Å². The van der Waals surface area contributed by atoms with E-state index < -0.39 is 5.78 Å². The van der Waals surface area contributed by atoms with Crippen LogP contribution in [0.3, 0.4) is 0 Å². The molecule has 0 aliphatic heterocycles. The van der Waals surface area contributed by atoms with Gasteiger partial charge in [0.2, 0.25) is 5.78 Å². The Kier molecular flexibility index (Phi) is 3.86. The molecule has 0 spiro atoms. The lowest BCUT2D eigenvalue weighted by molar-refractivity contribution is -0.104. The standard InChI is InChI=1S/C15H12O3/c16-10-15(17)13-6-8-14(9-7-13)18-11-12-4-2-1-3-5-12/h1-10H,11H2. The Morgan fingerprint density at radius 3 is 2.28 bits per heavy atom. The van der Waals surface area contributed by atoms with E-state index in [1.54, 1.807) is 24.3 Å². The molecule has 0 heterocycles. The Bertz CT molecular complexity index is 529. The van der Waals surface area contributed by atoms with Crippen LogP contribution in [-0.4, -0.2) is 12.1 Å². The minimum absolute atomic E-state index is 0.305. The van der Waals surface area contributed by atoms with Gasteiger partial charge in [-0.15, -0.1) is 0 Å². The van der Waals surface area contributed by atoms with Crippen molar-refractivity contribution in [1.29, 1.82) is 0 Å². The van der Waals surface area contributed by atoms with Gasteiger partial charge < -0.3 is 4.74 Å². The van der Waals surface area contributed by atoms with Crippen LogP contribution < -0.4 is 4.74 Å². The molecule has 0 radical (unpaired) electrons. The van der Waals surface area contributed by atoms with E-state index in [-0.39, 0.29) is 0 Å². The van der Waals surface area contributed by atoms with E-state index in [4.69, 9.17) is 4.74 Å². The van der Waals surface area contributed by atoms with E-state index in [0.29, 0.717) is 24.2 Å². The van der Waals surface area contributed by atoms with Crippen LogP contribution in [0, 0.1) is 0 Å². The SMILES string of the molecule is O=CC(=O)c1ccc(OCc2ccccc2)cc1. The molecular formula is C15H12O3. The summed E-state index contributed by atoms with van der Waals surface area (Å²) in [5.74, 6) is 0.144. The molecule has 0 N–H and O–H groups in total. The second-order valence-electron chi connectivity index (χ2n) is 3.78. The van der Waals surface area contributed by atoms with Crippen molar-refractivity contribution in [3.05, 3.63) is 65.7 Å². The maximum absolute atomic E-state index is 11.1. The molecule has 0 amide bonds. The van der Waals surface area contributed by atoms with Crippen LogP contribution in [0.5, 0.6) is 5.75 Å². The molecule has 90 valence electrons. The van der Waals surface area contributed by atoms with Gasteiger partial charge in [-0.1, -0.05) is 30.3 Å². The van der Waals surface area contributed by atoms with Gasteiger partial charge in [0.1, 0.15) is 12.4 Å². The minimum Gasteiger partial charge on any atom is -0.489 e. The molecule has 3 nitrogen and oxygen atoms in total. The van der Waals surface area contributed by atoms with Crippen molar-refractivity contribution >= 4 is 12.1 Å². The van der Waals surface area contributed by atoms with Crippen molar-refractivity contribution in [2.24, 2.45) is 0 Å². The van der Waals surface area contributed by atoms with Crippen LogP contribution in [0.1, 0.15) is 15.9 Å². The summed E-state index contributed by atoms with van der Waals surface area (Å²) in [6, 6.07) is 16.3. The molecule has 0 bridgehead atoms. The second kappa shape index (κ2) is 5.77. The normalized spacial score (nSPS) is 9.78. The third kappa shape index (κ3) is 3.04. The quantitative estimate of drug-likeness (QED) is 0.458. The van der Waals surface area contributed by atoms with Crippen molar-refractivity contribution in [2.75, 3.05) is 0 Å². The van der Waals surface area contributed by atoms with Gasteiger partial charge in [-0.25, -0.2) is 0 Å². The lowest BCUT2D eigenvalue weighted by Gasteiger charge is -2.06. The zero-order chi connectivity index (χ0) is 12.8. The fraction of sp³-hybridized carbons (Fsp3) is 0.0667. The molecule has 0 unspecified atom stereocenters. The zero-order valence-electron chi connectivity index (χ0n) is 9.71. The maximum atomic E-state index is 11.1. The largest absolute Gasteiger partial charge is 0.489 e. The smallest absolute Gasteiger partial charge is 0.225 e. The highest BCUT2D eigenvalue weighted by molar-refractivity contribution is 6.33. The number of Topliss-reactive ketones (excluding diaryl/α,β-unsaturated/α-hetero) is 1. The number of ketones is 1. The summed E-state index contributed by atoms with van der Waals surface area (Å²) in [7, 11) is 0. The molecule has 2 aromatic carbocycles. The number of rotatable bonds is 5. The molecule has 2 rings (SSSR count). The number of carbonyl (C=O) groups is 2. The van der Waals surface area contributed by atoms with Gasteiger partial charge in [-0.3, -0.25) is 9.59 Å². The average Bonchev–Trinajstić information content (AvgIpc) is 2.46. The van der Waals surface area contributed by atoms with Gasteiger partial charge in [0.05, 0.1) is 0 Å². The maximum Gasteiger partial charge on any atom is 0.225 e. The average molecular weight is 240 g/mol. The number of ether oxygens (including phenoxy) is 1. The van der Waals surface area contributed by atoms with Gasteiger partial charge in [-0.05, 0) is 29.8 Å². The van der Waals surface area contributed by atoms with E-state index in [0.717, 1.165) is 5.56 Å². The molecule has 3 heteroatoms. The summed E-state index contributed by atoms with van der Waals surface area (Å²) < 4.78 is 5.56. The van der Waals surface area contributed by atoms with E-state index in [9.17, 15) is 9.59 Å². The number of hydrogen-bond donors (Lipinski definition) is 0. The highest BCUT2D eigenvalue weighted by atomic mass is 16.5. The summed E-state index contributed by atoms with van der Waals surface area (Å²) in [4.78, 5) is 21.4. The molecular weight excluding hydrogens is 228 g/mol. The molecule has 2 aromatic rings. The molecule has 0 aromatic heterocycles. The third-order valence-corrected chi connectivity index (χ3v) is 2.49. The molecule has 0 fully saturated rings. The first-order valence-corrected chi connectivity index (χ1v) is 5.56. The summed E-state index contributed by atoms with van der Waals surface area (Å²) in [6.45, 7) is 0.474. The van der Waals surface area contributed by atoms with E-state index >= 15 is 0 Å². The third-order valence-electron chi connectivity index (χ3n) is 2.49. The van der Waals surface area contributed by atoms with Gasteiger partial charge in [0, 0.05) is 5.56 Å². The van der Waals surface area contributed by atoms with Crippen LogP contribution >= 0.6 is 0 Å². The van der Waals surface area contributed by atoms with E-state index in [1.165, 1.54) is 0 Å². The molecule has 0 saturated carbocycles. The predicted octanol–water partition coefficient (Wildman–Crippen LogP) is 2.65. The molecule has 0 atom stereocenters. The number of aldehydes is 1. The van der Waals surface area contributed by atoms with Gasteiger partial charge in [-0.2, -0.15) is 0 Å². The summed E-state index contributed by atoms with van der Waals surface area (Å²) in [5, 5.41) is 0. The Hall–Kier alpha value is -2.42. The van der Waals surface area contributed by atoms with Crippen molar-refractivity contribution in [3.8, 4) is 5.75 Å². The van der Waals surface area contributed by atoms with Crippen LogP contribution in [0.2, 0.25) is 0 Å². The van der Waals surface area contributed by atoms with Gasteiger partial charge >= 0.3 is 0 Å². The van der Waals surface area contributed by atoms with Crippen LogP contribution in [0.25, 0.3) is 0 Å². The van der Waals surface area contributed by atoms with Crippen molar-refractivity contribution in [1.82, 2.24) is 0 Å². The van der Waals surface area contributed by atoms with Crippen LogP contribution in [-0.2, 0) is 11.4 Å². The van der Waals surface area contributed by atoms with Crippen molar-refractivity contribution < 1.29 is 14.3 Å². The minimum atomic E-state index is -0.524. The Balaban J connectivity index is 1.99. The predicted molar refractivity (Wildman–Crippen MR) is 67.6 cm³/mol. The fourth-order valence-corrected chi connectivity index (χ4v) is 1.52. The molecule has 0 aliphatic carbocycles. The first-order chi connectivity index (χ1) is 8.79. The second-order valence-corrected chi connectivity index (χ2v) is 3.78. The number of hydrogen-bond acceptors (Lipinski definition) is 3. The van der Waals surface area contributed by atoms with Gasteiger partial charge in [0.15, 0.2) is 6.29 Å². The zero-order valence-corrected chi connectivity index (χ0v) is 9.71. The first kappa shape index (κ1) is 12.0. The summed E-state index contributed by atoms with van der Waals surface area (Å²) in [5.41, 5.74) is 1.45. The Morgan fingerprint density at radius 1 is 1.00 bits per heavy atom. The monoisotopic (exact) mass is 240 g/mol. The lowest BCUT2D eigenvalue weighted by atomic mass is 10.1. The van der Waals surface area contributed by atoms with Gasteiger partial charge in [0.25, 0.3) is 0 Å². The first-order valence-electron chi connectivity index (χ1n) is 5.56. The topological polar surface area (TPSA) is 43.4 Å². The molecule has 0 saturated heterocycles. The Labute approximate surface area is 105 Å². The van der Waals surface area contributed by atoms with E-state index in [1.807, 2.05) is 30.3 Å². The molecule has 18 heavy (non-hydrogen) atoms. The number of benzene rings is 2. The number of carbonyl (C=O) groups excluding carboxylic acids is 2. The Morgan fingerprint density at radius 2 is 1.67 bits per heavy atom. The molecule has 0 aliphatic rings. The van der Waals surface area contributed by atoms with Crippen LogP contribution in [0.15, 0.2) is 54.6 Å².